The highest BCUT2D eigenvalue weighted by atomic mass is 16.6. The summed E-state index contributed by atoms with van der Waals surface area (Å²) in [6, 6.07) is 5.22. The van der Waals surface area contributed by atoms with E-state index in [1.807, 2.05) is 4.90 Å². The molecule has 8 nitrogen and oxygen atoms in total. The van der Waals surface area contributed by atoms with Gasteiger partial charge in [-0.1, -0.05) is 0 Å². The van der Waals surface area contributed by atoms with Gasteiger partial charge in [-0.25, -0.2) is 4.79 Å². The topological polar surface area (TPSA) is 80.3 Å². The van der Waals surface area contributed by atoms with Gasteiger partial charge in [-0.2, -0.15) is 0 Å². The summed E-state index contributed by atoms with van der Waals surface area (Å²) in [5.41, 5.74) is 0.646. The van der Waals surface area contributed by atoms with Gasteiger partial charge in [0.15, 0.2) is 11.5 Å². The van der Waals surface area contributed by atoms with Crippen molar-refractivity contribution in [2.45, 2.75) is 6.92 Å². The summed E-state index contributed by atoms with van der Waals surface area (Å²) >= 11 is 0. The number of carbonyl (C=O) groups is 2. The van der Waals surface area contributed by atoms with Crippen molar-refractivity contribution < 1.29 is 23.8 Å². The number of hydrogen-bond donors (Lipinski definition) is 1. The third-order valence-electron chi connectivity index (χ3n) is 3.93. The standard InChI is InChI=1S/C17H25N3O5/c1-4-25-17(22)20-9-7-19(8-10-20)12-16(21)18-13-5-6-14(23-2)15(11-13)24-3/h5-6,11H,4,7-10,12H2,1-3H3,(H,18,21). The first-order valence-corrected chi connectivity index (χ1v) is 8.23. The Morgan fingerprint density at radius 1 is 1.08 bits per heavy atom. The molecule has 0 radical (unpaired) electrons. The summed E-state index contributed by atoms with van der Waals surface area (Å²) in [6.07, 6.45) is -0.295. The lowest BCUT2D eigenvalue weighted by Gasteiger charge is -2.33. The number of benzene rings is 1. The fourth-order valence-corrected chi connectivity index (χ4v) is 2.62. The zero-order chi connectivity index (χ0) is 18.2. The zero-order valence-corrected chi connectivity index (χ0v) is 14.9. The van der Waals surface area contributed by atoms with Crippen LogP contribution in [-0.2, 0) is 9.53 Å². The fourth-order valence-electron chi connectivity index (χ4n) is 2.62. The number of ether oxygens (including phenoxy) is 3. The van der Waals surface area contributed by atoms with E-state index in [2.05, 4.69) is 5.32 Å². The summed E-state index contributed by atoms with van der Waals surface area (Å²) < 4.78 is 15.4. The first-order valence-electron chi connectivity index (χ1n) is 8.23. The average molecular weight is 351 g/mol. The molecule has 2 rings (SSSR count). The summed E-state index contributed by atoms with van der Waals surface area (Å²) in [6.45, 7) is 4.81. The molecule has 1 fully saturated rings. The van der Waals surface area contributed by atoms with E-state index in [1.54, 1.807) is 44.2 Å². The smallest absolute Gasteiger partial charge is 0.409 e. The lowest BCUT2D eigenvalue weighted by Crippen LogP contribution is -2.50. The Kier molecular flexibility index (Phi) is 6.88. The van der Waals surface area contributed by atoms with Gasteiger partial charge in [0.2, 0.25) is 5.91 Å². The summed E-state index contributed by atoms with van der Waals surface area (Å²) in [5.74, 6) is 1.05. The molecular formula is C17H25N3O5. The first-order chi connectivity index (χ1) is 12.1. The van der Waals surface area contributed by atoms with Gasteiger partial charge in [0, 0.05) is 37.9 Å². The Hall–Kier alpha value is -2.48. The quantitative estimate of drug-likeness (QED) is 0.835. The zero-order valence-electron chi connectivity index (χ0n) is 14.9. The van der Waals surface area contributed by atoms with E-state index in [-0.39, 0.29) is 18.5 Å². The maximum atomic E-state index is 12.2. The highest BCUT2D eigenvalue weighted by Crippen LogP contribution is 2.29. The highest BCUT2D eigenvalue weighted by molar-refractivity contribution is 5.92. The molecule has 0 atom stereocenters. The van der Waals surface area contributed by atoms with Crippen molar-refractivity contribution in [2.24, 2.45) is 0 Å². The molecule has 1 heterocycles. The monoisotopic (exact) mass is 351 g/mol. The van der Waals surface area contributed by atoms with E-state index in [4.69, 9.17) is 14.2 Å². The summed E-state index contributed by atoms with van der Waals surface area (Å²) in [4.78, 5) is 27.6. The molecule has 138 valence electrons. The number of anilines is 1. The average Bonchev–Trinajstić information content (AvgIpc) is 2.62. The number of hydrogen-bond acceptors (Lipinski definition) is 6. The van der Waals surface area contributed by atoms with Gasteiger partial charge < -0.3 is 24.4 Å². The van der Waals surface area contributed by atoms with Crippen LogP contribution in [0, 0.1) is 0 Å². The van der Waals surface area contributed by atoms with Gasteiger partial charge in [0.1, 0.15) is 0 Å². The number of nitrogens with zero attached hydrogens (tertiary/aromatic N) is 2. The van der Waals surface area contributed by atoms with Crippen molar-refractivity contribution >= 4 is 17.7 Å². The largest absolute Gasteiger partial charge is 0.493 e. The molecule has 25 heavy (non-hydrogen) atoms. The van der Waals surface area contributed by atoms with Gasteiger partial charge in [-0.15, -0.1) is 0 Å². The Labute approximate surface area is 147 Å². The number of rotatable bonds is 6. The van der Waals surface area contributed by atoms with Crippen LogP contribution in [0.1, 0.15) is 6.92 Å². The van der Waals surface area contributed by atoms with E-state index in [9.17, 15) is 9.59 Å². The molecule has 1 aromatic carbocycles. The van der Waals surface area contributed by atoms with Crippen LogP contribution in [0.4, 0.5) is 10.5 Å². The first kappa shape index (κ1) is 18.9. The summed E-state index contributed by atoms with van der Waals surface area (Å²) in [5, 5.41) is 2.85. The second-order valence-corrected chi connectivity index (χ2v) is 5.58. The van der Waals surface area contributed by atoms with Crippen molar-refractivity contribution in [3.05, 3.63) is 18.2 Å². The molecule has 0 spiro atoms. The third-order valence-corrected chi connectivity index (χ3v) is 3.93. The van der Waals surface area contributed by atoms with Crippen LogP contribution in [0.15, 0.2) is 18.2 Å². The van der Waals surface area contributed by atoms with E-state index >= 15 is 0 Å². The molecule has 0 saturated carbocycles. The lowest BCUT2D eigenvalue weighted by atomic mass is 10.2. The van der Waals surface area contributed by atoms with Crippen LogP contribution in [0.3, 0.4) is 0 Å². The van der Waals surface area contributed by atoms with Crippen molar-refractivity contribution in [1.82, 2.24) is 9.80 Å². The summed E-state index contributed by atoms with van der Waals surface area (Å²) in [7, 11) is 3.11. The maximum absolute atomic E-state index is 12.2. The van der Waals surface area contributed by atoms with Crippen LogP contribution in [0.5, 0.6) is 11.5 Å². The number of methoxy groups -OCH3 is 2. The van der Waals surface area contributed by atoms with E-state index in [0.29, 0.717) is 50.0 Å². The Morgan fingerprint density at radius 2 is 1.76 bits per heavy atom. The van der Waals surface area contributed by atoms with E-state index in [1.165, 1.54) is 0 Å². The van der Waals surface area contributed by atoms with Crippen LogP contribution >= 0.6 is 0 Å². The van der Waals surface area contributed by atoms with E-state index < -0.39 is 0 Å². The predicted molar refractivity (Wildman–Crippen MR) is 93.2 cm³/mol. The van der Waals surface area contributed by atoms with Gasteiger partial charge in [-0.05, 0) is 19.1 Å². The predicted octanol–water partition coefficient (Wildman–Crippen LogP) is 1.42. The van der Waals surface area contributed by atoms with Crippen LogP contribution in [-0.4, -0.2) is 75.4 Å². The minimum Gasteiger partial charge on any atom is -0.493 e. The minimum atomic E-state index is -0.295. The Bertz CT molecular complexity index is 600. The normalized spacial score (nSPS) is 14.8. The molecule has 2 amide bonds. The molecular weight excluding hydrogens is 326 g/mol. The number of amides is 2. The molecule has 1 N–H and O–H groups in total. The second kappa shape index (κ2) is 9.12. The van der Waals surface area contributed by atoms with E-state index in [0.717, 1.165) is 0 Å². The molecule has 0 aliphatic carbocycles. The number of piperazine rings is 1. The molecule has 1 aliphatic heterocycles. The Morgan fingerprint density at radius 3 is 2.36 bits per heavy atom. The second-order valence-electron chi connectivity index (χ2n) is 5.58. The van der Waals surface area contributed by atoms with Gasteiger partial charge in [-0.3, -0.25) is 9.69 Å². The highest BCUT2D eigenvalue weighted by Gasteiger charge is 2.23. The van der Waals surface area contributed by atoms with Gasteiger partial charge in [0.05, 0.1) is 27.4 Å². The number of carbonyl (C=O) groups excluding carboxylic acids is 2. The third kappa shape index (κ3) is 5.25. The maximum Gasteiger partial charge on any atom is 0.409 e. The molecule has 8 heteroatoms. The van der Waals surface area contributed by atoms with Crippen molar-refractivity contribution in [3.63, 3.8) is 0 Å². The lowest BCUT2D eigenvalue weighted by molar-refractivity contribution is -0.117. The van der Waals surface area contributed by atoms with Crippen LogP contribution in [0.25, 0.3) is 0 Å². The van der Waals surface area contributed by atoms with Gasteiger partial charge >= 0.3 is 6.09 Å². The number of nitrogens with one attached hydrogen (secondary N) is 1. The molecule has 1 saturated heterocycles. The Balaban J connectivity index is 1.82. The molecule has 0 bridgehead atoms. The van der Waals surface area contributed by atoms with Gasteiger partial charge in [0.25, 0.3) is 0 Å². The van der Waals surface area contributed by atoms with Crippen molar-refractivity contribution in [2.75, 3.05) is 58.9 Å². The molecule has 1 aromatic rings. The fraction of sp³-hybridized carbons (Fsp3) is 0.529. The molecule has 1 aliphatic rings. The van der Waals surface area contributed by atoms with Crippen LogP contribution in [0.2, 0.25) is 0 Å². The van der Waals surface area contributed by atoms with Crippen molar-refractivity contribution in [1.29, 1.82) is 0 Å². The van der Waals surface area contributed by atoms with Crippen LogP contribution < -0.4 is 14.8 Å². The molecule has 0 aromatic heterocycles. The SMILES string of the molecule is CCOC(=O)N1CCN(CC(=O)Nc2ccc(OC)c(OC)c2)CC1. The molecule has 0 unspecified atom stereocenters. The minimum absolute atomic E-state index is 0.114. The van der Waals surface area contributed by atoms with Crippen molar-refractivity contribution in [3.8, 4) is 11.5 Å².